The van der Waals surface area contributed by atoms with Gasteiger partial charge in [-0.3, -0.25) is 10.1 Å². The van der Waals surface area contributed by atoms with Gasteiger partial charge in [-0.15, -0.1) is 12.6 Å². The molecule has 0 saturated heterocycles. The molecule has 7 heteroatoms. The third kappa shape index (κ3) is 2.78. The molecule has 0 aliphatic heterocycles. The third-order valence-corrected chi connectivity index (χ3v) is 1.80. The van der Waals surface area contributed by atoms with Gasteiger partial charge in [-0.25, -0.2) is 4.79 Å². The molecule has 0 aliphatic rings. The second-order valence-corrected chi connectivity index (χ2v) is 2.75. The molecule has 1 aromatic carbocycles. The number of hydrogen-bond acceptors (Lipinski definition) is 4. The maximum Gasteiger partial charge on any atom is 2.00 e. The summed E-state index contributed by atoms with van der Waals surface area (Å²) in [4.78, 5) is 20.3. The van der Waals surface area contributed by atoms with Gasteiger partial charge in [0, 0.05) is 6.07 Å². The Hall–Kier alpha value is -0.937. The van der Waals surface area contributed by atoms with Crippen molar-refractivity contribution < 1.29 is 34.3 Å². The summed E-state index contributed by atoms with van der Waals surface area (Å²) in [6, 6.07) is 3.52. The van der Waals surface area contributed by atoms with Crippen LogP contribution in [0.1, 0.15) is 10.4 Å². The second-order valence-electron chi connectivity index (χ2n) is 2.27. The van der Waals surface area contributed by atoms with Gasteiger partial charge in [0.1, 0.15) is 0 Å². The van der Waals surface area contributed by atoms with Crippen LogP contribution in [0, 0.1) is 10.1 Å². The van der Waals surface area contributed by atoms with Crippen LogP contribution in [0.5, 0.6) is 0 Å². The Bertz CT molecular complexity index is 382. The SMILES string of the molecule is O=C(O)c1ccc(S)c([N+](=O)[O-])c1.[Zn+2]. The molecular weight excluding hydrogens is 260 g/mol. The van der Waals surface area contributed by atoms with E-state index in [1.54, 1.807) is 0 Å². The van der Waals surface area contributed by atoms with E-state index in [4.69, 9.17) is 5.11 Å². The van der Waals surface area contributed by atoms with Crippen LogP contribution >= 0.6 is 12.6 Å². The van der Waals surface area contributed by atoms with Crippen LogP contribution in [-0.4, -0.2) is 16.0 Å². The first-order valence-corrected chi connectivity index (χ1v) is 3.68. The smallest absolute Gasteiger partial charge is 0.478 e. The Morgan fingerprint density at radius 3 is 2.50 bits per heavy atom. The molecule has 0 unspecified atom stereocenters. The number of rotatable bonds is 2. The van der Waals surface area contributed by atoms with Gasteiger partial charge in [0.2, 0.25) is 0 Å². The predicted octanol–water partition coefficient (Wildman–Crippen LogP) is 1.58. The van der Waals surface area contributed by atoms with Crippen molar-refractivity contribution in [2.45, 2.75) is 4.90 Å². The summed E-state index contributed by atoms with van der Waals surface area (Å²) in [5.74, 6) is -1.20. The van der Waals surface area contributed by atoms with E-state index in [2.05, 4.69) is 12.6 Å². The molecule has 0 amide bonds. The quantitative estimate of drug-likeness (QED) is 0.368. The molecule has 0 spiro atoms. The molecule has 1 N–H and O–H groups in total. The van der Waals surface area contributed by atoms with Crippen LogP contribution in [0.15, 0.2) is 23.1 Å². The molecule has 0 aromatic heterocycles. The van der Waals surface area contributed by atoms with E-state index in [1.165, 1.54) is 12.1 Å². The number of benzene rings is 1. The number of carbonyl (C=O) groups is 1. The van der Waals surface area contributed by atoms with Crippen LogP contribution in [-0.2, 0) is 19.5 Å². The summed E-state index contributed by atoms with van der Waals surface area (Å²) in [7, 11) is 0. The van der Waals surface area contributed by atoms with Crippen molar-refractivity contribution in [1.29, 1.82) is 0 Å². The number of carboxylic acids is 1. The van der Waals surface area contributed by atoms with E-state index in [0.29, 0.717) is 0 Å². The molecule has 14 heavy (non-hydrogen) atoms. The van der Waals surface area contributed by atoms with Crippen LogP contribution in [0.25, 0.3) is 0 Å². The van der Waals surface area contributed by atoms with Crippen LogP contribution < -0.4 is 0 Å². The summed E-state index contributed by atoms with van der Waals surface area (Å²) < 4.78 is 0. The number of nitro groups is 1. The molecule has 5 nitrogen and oxygen atoms in total. The van der Waals surface area contributed by atoms with Crippen LogP contribution in [0.4, 0.5) is 5.69 Å². The zero-order chi connectivity index (χ0) is 10.0. The standard InChI is InChI=1S/C7H5NO4S.Zn/c9-7(10)4-1-2-6(13)5(3-4)8(11)12;/h1-3,13H,(H,9,10);/q;+2. The van der Waals surface area contributed by atoms with Crippen molar-refractivity contribution in [3.8, 4) is 0 Å². The fourth-order valence-electron chi connectivity index (χ4n) is 0.803. The van der Waals surface area contributed by atoms with Gasteiger partial charge in [0.25, 0.3) is 5.69 Å². The van der Waals surface area contributed by atoms with E-state index in [9.17, 15) is 14.9 Å². The van der Waals surface area contributed by atoms with E-state index >= 15 is 0 Å². The van der Waals surface area contributed by atoms with E-state index in [-0.39, 0.29) is 35.6 Å². The summed E-state index contributed by atoms with van der Waals surface area (Å²) >= 11 is 3.82. The van der Waals surface area contributed by atoms with Crippen molar-refractivity contribution in [3.63, 3.8) is 0 Å². The minimum atomic E-state index is -1.20. The van der Waals surface area contributed by atoms with Gasteiger partial charge < -0.3 is 5.11 Å². The van der Waals surface area contributed by atoms with E-state index in [0.717, 1.165) is 6.07 Å². The Morgan fingerprint density at radius 1 is 1.50 bits per heavy atom. The van der Waals surface area contributed by atoms with Gasteiger partial charge in [0.05, 0.1) is 15.4 Å². The maximum atomic E-state index is 10.4. The Labute approximate surface area is 97.4 Å². The first-order chi connectivity index (χ1) is 6.02. The monoisotopic (exact) mass is 263 g/mol. The number of carboxylic acid groups (broad SMARTS) is 1. The van der Waals surface area contributed by atoms with Crippen molar-refractivity contribution in [3.05, 3.63) is 33.9 Å². The molecule has 0 fully saturated rings. The molecule has 0 saturated carbocycles. The number of aromatic carboxylic acids is 1. The zero-order valence-electron chi connectivity index (χ0n) is 7.01. The number of hydrogen-bond donors (Lipinski definition) is 2. The summed E-state index contributed by atoms with van der Waals surface area (Å²) in [6.45, 7) is 0. The Kier molecular flexibility index (Phi) is 4.73. The summed E-state index contributed by atoms with van der Waals surface area (Å²) in [5, 5.41) is 18.9. The van der Waals surface area contributed by atoms with Crippen LogP contribution in [0.2, 0.25) is 0 Å². The van der Waals surface area contributed by atoms with Gasteiger partial charge in [-0.2, -0.15) is 0 Å². The van der Waals surface area contributed by atoms with Gasteiger partial charge in [-0.1, -0.05) is 0 Å². The number of nitrogens with zero attached hydrogens (tertiary/aromatic N) is 1. The van der Waals surface area contributed by atoms with Gasteiger partial charge in [0.15, 0.2) is 0 Å². The minimum absolute atomic E-state index is 0. The maximum absolute atomic E-state index is 10.4. The predicted molar refractivity (Wildman–Crippen MR) is 47.3 cm³/mol. The number of thiol groups is 1. The van der Waals surface area contributed by atoms with Gasteiger partial charge in [-0.05, 0) is 12.1 Å². The zero-order valence-corrected chi connectivity index (χ0v) is 10.9. The Balaban J connectivity index is 0.00000169. The molecule has 0 atom stereocenters. The van der Waals surface area contributed by atoms with Crippen LogP contribution in [0.3, 0.4) is 0 Å². The van der Waals surface area contributed by atoms with Crippen molar-refractivity contribution in [1.82, 2.24) is 0 Å². The molecule has 0 radical (unpaired) electrons. The average molecular weight is 265 g/mol. The molecule has 0 heterocycles. The van der Waals surface area contributed by atoms with Crippen molar-refractivity contribution in [2.24, 2.45) is 0 Å². The van der Waals surface area contributed by atoms with E-state index in [1.807, 2.05) is 0 Å². The minimum Gasteiger partial charge on any atom is -0.478 e. The largest absolute Gasteiger partial charge is 2.00 e. The van der Waals surface area contributed by atoms with Gasteiger partial charge >= 0.3 is 25.4 Å². The van der Waals surface area contributed by atoms with E-state index < -0.39 is 10.9 Å². The third-order valence-electron chi connectivity index (χ3n) is 1.42. The van der Waals surface area contributed by atoms with Crippen molar-refractivity contribution >= 4 is 24.3 Å². The molecule has 1 rings (SSSR count). The molecule has 68 valence electrons. The molecule has 0 bridgehead atoms. The second kappa shape index (κ2) is 5.07. The molecular formula is C7H5NO4SZn+2. The first kappa shape index (κ1) is 13.1. The normalized spacial score (nSPS) is 8.93. The summed E-state index contributed by atoms with van der Waals surface area (Å²) in [5.41, 5.74) is -0.423. The Morgan fingerprint density at radius 2 is 2.07 bits per heavy atom. The number of nitro benzene ring substituents is 1. The first-order valence-electron chi connectivity index (χ1n) is 3.23. The molecule has 1 aromatic rings. The molecule has 0 aliphatic carbocycles. The summed E-state index contributed by atoms with van der Waals surface area (Å²) in [6.07, 6.45) is 0. The fraction of sp³-hybridized carbons (Fsp3) is 0. The fourth-order valence-corrected chi connectivity index (χ4v) is 1.02. The topological polar surface area (TPSA) is 80.4 Å². The average Bonchev–Trinajstić information content (AvgIpc) is 2.04. The van der Waals surface area contributed by atoms with Crippen molar-refractivity contribution in [2.75, 3.05) is 0 Å².